The Labute approximate surface area is 139 Å². The van der Waals surface area contributed by atoms with Gasteiger partial charge < -0.3 is 5.32 Å². The maximum atomic E-state index is 11.8. The summed E-state index contributed by atoms with van der Waals surface area (Å²) in [4.78, 5) is 11.8. The van der Waals surface area contributed by atoms with Gasteiger partial charge in [0.1, 0.15) is 0 Å². The van der Waals surface area contributed by atoms with Crippen molar-refractivity contribution >= 4 is 33.6 Å². The first kappa shape index (κ1) is 16.6. The summed E-state index contributed by atoms with van der Waals surface area (Å²) in [6.45, 7) is 0.778. The molecule has 0 unspecified atom stereocenters. The van der Waals surface area contributed by atoms with Crippen LogP contribution >= 0.6 is 27.7 Å². The highest BCUT2D eigenvalue weighted by molar-refractivity contribution is 9.10. The lowest BCUT2D eigenvalue weighted by Gasteiger charge is -2.12. The minimum Gasteiger partial charge on any atom is -0.355 e. The lowest BCUT2D eigenvalue weighted by molar-refractivity contribution is -0.118. The van der Waals surface area contributed by atoms with Crippen LogP contribution in [0.5, 0.6) is 0 Å². The zero-order chi connectivity index (χ0) is 14.9. The monoisotopic (exact) mass is 367 g/mol. The fourth-order valence-corrected chi connectivity index (χ4v) is 3.89. The number of rotatable bonds is 7. The van der Waals surface area contributed by atoms with Gasteiger partial charge in [-0.05, 0) is 43.7 Å². The minimum absolute atomic E-state index is 0.142. The molecule has 0 saturated carbocycles. The van der Waals surface area contributed by atoms with Gasteiger partial charge in [-0.15, -0.1) is 11.8 Å². The molecule has 0 aromatic heterocycles. The number of allylic oxidation sites excluding steroid dienone is 1. The van der Waals surface area contributed by atoms with Crippen LogP contribution in [0.4, 0.5) is 0 Å². The fraction of sp³-hybridized carbons (Fsp3) is 0.471. The second-order valence-corrected chi connectivity index (χ2v) is 7.13. The Hall–Kier alpha value is -0.740. The van der Waals surface area contributed by atoms with Gasteiger partial charge in [0.05, 0.1) is 5.75 Å². The van der Waals surface area contributed by atoms with Crippen LogP contribution < -0.4 is 5.32 Å². The fourth-order valence-electron chi connectivity index (χ4n) is 2.41. The van der Waals surface area contributed by atoms with E-state index in [1.807, 2.05) is 18.2 Å². The molecule has 1 aliphatic rings. The van der Waals surface area contributed by atoms with Gasteiger partial charge in [0.25, 0.3) is 0 Å². The van der Waals surface area contributed by atoms with Crippen LogP contribution in [-0.4, -0.2) is 18.2 Å². The van der Waals surface area contributed by atoms with Crippen LogP contribution in [-0.2, 0) is 10.5 Å². The Morgan fingerprint density at radius 2 is 2.14 bits per heavy atom. The minimum atomic E-state index is 0.142. The van der Waals surface area contributed by atoms with E-state index in [9.17, 15) is 4.79 Å². The molecule has 2 nitrogen and oxygen atoms in total. The van der Waals surface area contributed by atoms with Crippen molar-refractivity contribution < 1.29 is 4.79 Å². The molecule has 0 aliphatic heterocycles. The van der Waals surface area contributed by atoms with Crippen molar-refractivity contribution in [1.29, 1.82) is 0 Å². The first-order valence-electron chi connectivity index (χ1n) is 7.51. The van der Waals surface area contributed by atoms with Crippen molar-refractivity contribution in [3.63, 3.8) is 0 Å². The molecule has 1 aliphatic carbocycles. The van der Waals surface area contributed by atoms with Crippen LogP contribution in [0.2, 0.25) is 0 Å². The molecule has 2 rings (SSSR count). The summed E-state index contributed by atoms with van der Waals surface area (Å²) in [5.74, 6) is 1.53. The first-order valence-corrected chi connectivity index (χ1v) is 9.46. The number of hydrogen-bond donors (Lipinski definition) is 1. The first-order chi connectivity index (χ1) is 10.3. The third-order valence-corrected chi connectivity index (χ3v) is 5.36. The van der Waals surface area contributed by atoms with Crippen molar-refractivity contribution in [2.45, 2.75) is 37.9 Å². The van der Waals surface area contributed by atoms with E-state index in [1.165, 1.54) is 36.8 Å². The lowest BCUT2D eigenvalue weighted by atomic mass is 9.97. The van der Waals surface area contributed by atoms with Crippen LogP contribution in [0.1, 0.15) is 37.7 Å². The molecule has 114 valence electrons. The SMILES string of the molecule is O=C(CSCc1ccccc1Br)NCCC1=CCCCC1. The average molecular weight is 368 g/mol. The predicted octanol–water partition coefficient (Wildman–Crippen LogP) is 4.69. The number of hydrogen-bond acceptors (Lipinski definition) is 2. The van der Waals surface area contributed by atoms with Crippen molar-refractivity contribution in [3.05, 3.63) is 46.0 Å². The molecule has 0 fully saturated rings. The molecule has 4 heteroatoms. The van der Waals surface area contributed by atoms with E-state index in [4.69, 9.17) is 0 Å². The number of benzene rings is 1. The highest BCUT2D eigenvalue weighted by Gasteiger charge is 2.06. The van der Waals surface area contributed by atoms with Crippen LogP contribution in [0.25, 0.3) is 0 Å². The number of halogens is 1. The topological polar surface area (TPSA) is 29.1 Å². The molecule has 1 amide bonds. The van der Waals surface area contributed by atoms with Crippen molar-refractivity contribution in [2.75, 3.05) is 12.3 Å². The lowest BCUT2D eigenvalue weighted by Crippen LogP contribution is -2.26. The molecule has 0 heterocycles. The van der Waals surface area contributed by atoms with Crippen molar-refractivity contribution in [3.8, 4) is 0 Å². The number of thioether (sulfide) groups is 1. The van der Waals surface area contributed by atoms with Gasteiger partial charge in [0.15, 0.2) is 0 Å². The summed E-state index contributed by atoms with van der Waals surface area (Å²) in [5, 5.41) is 3.02. The molecule has 0 spiro atoms. The third kappa shape index (κ3) is 6.27. The van der Waals surface area contributed by atoms with Gasteiger partial charge in [-0.25, -0.2) is 0 Å². The Bertz CT molecular complexity index is 501. The zero-order valence-corrected chi connectivity index (χ0v) is 14.6. The number of nitrogens with one attached hydrogen (secondary N) is 1. The summed E-state index contributed by atoms with van der Waals surface area (Å²) in [6, 6.07) is 8.15. The van der Waals surface area contributed by atoms with Gasteiger partial charge >= 0.3 is 0 Å². The van der Waals surface area contributed by atoms with E-state index in [0.29, 0.717) is 5.75 Å². The van der Waals surface area contributed by atoms with E-state index in [2.05, 4.69) is 33.4 Å². The molecular formula is C17H22BrNOS. The maximum Gasteiger partial charge on any atom is 0.230 e. The van der Waals surface area contributed by atoms with E-state index in [1.54, 1.807) is 11.8 Å². The zero-order valence-electron chi connectivity index (χ0n) is 12.2. The predicted molar refractivity (Wildman–Crippen MR) is 94.5 cm³/mol. The van der Waals surface area contributed by atoms with Crippen LogP contribution in [0, 0.1) is 0 Å². The van der Waals surface area contributed by atoms with Gasteiger partial charge in [-0.2, -0.15) is 0 Å². The summed E-state index contributed by atoms with van der Waals surface area (Å²) in [7, 11) is 0. The Morgan fingerprint density at radius 3 is 2.90 bits per heavy atom. The standard InChI is InChI=1S/C17H22BrNOS/c18-16-9-5-4-8-15(16)12-21-13-17(20)19-11-10-14-6-2-1-3-7-14/h4-6,8-9H,1-3,7,10-13H2,(H,19,20). The molecule has 1 aromatic rings. The molecule has 21 heavy (non-hydrogen) atoms. The highest BCUT2D eigenvalue weighted by Crippen LogP contribution is 2.21. The normalized spacial score (nSPS) is 14.6. The number of carbonyl (C=O) groups excluding carboxylic acids is 1. The average Bonchev–Trinajstić information content (AvgIpc) is 2.50. The Kier molecular flexibility index (Phi) is 7.37. The quantitative estimate of drug-likeness (QED) is 0.708. The van der Waals surface area contributed by atoms with Gasteiger partial charge in [-0.3, -0.25) is 4.79 Å². The van der Waals surface area contributed by atoms with Crippen molar-refractivity contribution in [2.24, 2.45) is 0 Å². The molecule has 1 aromatic carbocycles. The van der Waals surface area contributed by atoms with Gasteiger partial charge in [0, 0.05) is 16.8 Å². The summed E-state index contributed by atoms with van der Waals surface area (Å²) in [5.41, 5.74) is 2.75. The van der Waals surface area contributed by atoms with Gasteiger partial charge in [0.2, 0.25) is 5.91 Å². The summed E-state index contributed by atoms with van der Waals surface area (Å²) in [6.07, 6.45) is 8.42. The summed E-state index contributed by atoms with van der Waals surface area (Å²) >= 11 is 5.19. The Morgan fingerprint density at radius 1 is 1.29 bits per heavy atom. The molecule has 0 bridgehead atoms. The molecular weight excluding hydrogens is 346 g/mol. The highest BCUT2D eigenvalue weighted by atomic mass is 79.9. The van der Waals surface area contributed by atoms with E-state index >= 15 is 0 Å². The maximum absolute atomic E-state index is 11.8. The van der Waals surface area contributed by atoms with Crippen LogP contribution in [0.3, 0.4) is 0 Å². The van der Waals surface area contributed by atoms with E-state index in [-0.39, 0.29) is 5.91 Å². The van der Waals surface area contributed by atoms with E-state index < -0.39 is 0 Å². The smallest absolute Gasteiger partial charge is 0.230 e. The number of amides is 1. The second-order valence-electron chi connectivity index (χ2n) is 5.29. The van der Waals surface area contributed by atoms with Gasteiger partial charge in [-0.1, -0.05) is 45.8 Å². The third-order valence-electron chi connectivity index (χ3n) is 3.60. The largest absolute Gasteiger partial charge is 0.355 e. The van der Waals surface area contributed by atoms with Crippen LogP contribution in [0.15, 0.2) is 40.4 Å². The second kappa shape index (κ2) is 9.31. The van der Waals surface area contributed by atoms with Crippen molar-refractivity contribution in [1.82, 2.24) is 5.32 Å². The molecule has 0 saturated heterocycles. The Balaban J connectivity index is 1.59. The molecule has 0 radical (unpaired) electrons. The van der Waals surface area contributed by atoms with E-state index in [0.717, 1.165) is 23.2 Å². The number of carbonyl (C=O) groups is 1. The summed E-state index contributed by atoms with van der Waals surface area (Å²) < 4.78 is 1.11. The molecule has 1 N–H and O–H groups in total. The molecule has 0 atom stereocenters.